The summed E-state index contributed by atoms with van der Waals surface area (Å²) >= 11 is 5.83. The van der Waals surface area contributed by atoms with E-state index in [2.05, 4.69) is 4.98 Å². The summed E-state index contributed by atoms with van der Waals surface area (Å²) in [4.78, 5) is 3.41. The Labute approximate surface area is 107 Å². The summed E-state index contributed by atoms with van der Waals surface area (Å²) < 4.78 is 37.0. The van der Waals surface area contributed by atoms with Crippen LogP contribution in [-0.2, 0) is 12.6 Å². The molecule has 0 aliphatic carbocycles. The fourth-order valence-electron chi connectivity index (χ4n) is 1.58. The molecular formula is C13H9ClF3N. The van der Waals surface area contributed by atoms with E-state index >= 15 is 0 Å². The van der Waals surface area contributed by atoms with E-state index in [4.69, 9.17) is 11.6 Å². The number of pyridine rings is 1. The van der Waals surface area contributed by atoms with Crippen LogP contribution in [0.1, 0.15) is 16.8 Å². The van der Waals surface area contributed by atoms with Crippen LogP contribution in [0.15, 0.2) is 42.6 Å². The Balaban J connectivity index is 2.16. The van der Waals surface area contributed by atoms with Gasteiger partial charge in [-0.2, -0.15) is 13.2 Å². The maximum Gasteiger partial charge on any atom is 0.433 e. The highest BCUT2D eigenvalue weighted by atomic mass is 35.5. The molecular weight excluding hydrogens is 263 g/mol. The zero-order valence-electron chi connectivity index (χ0n) is 9.21. The van der Waals surface area contributed by atoms with Crippen molar-refractivity contribution < 1.29 is 13.2 Å². The largest absolute Gasteiger partial charge is 0.433 e. The lowest BCUT2D eigenvalue weighted by Gasteiger charge is -2.06. The Morgan fingerprint density at radius 1 is 1.06 bits per heavy atom. The van der Waals surface area contributed by atoms with Crippen LogP contribution < -0.4 is 0 Å². The van der Waals surface area contributed by atoms with Crippen molar-refractivity contribution in [3.8, 4) is 0 Å². The molecule has 0 atom stereocenters. The quantitative estimate of drug-likeness (QED) is 0.791. The van der Waals surface area contributed by atoms with E-state index in [0.29, 0.717) is 17.0 Å². The van der Waals surface area contributed by atoms with Gasteiger partial charge in [-0.3, -0.25) is 4.98 Å². The van der Waals surface area contributed by atoms with Gasteiger partial charge in [-0.05, 0) is 35.7 Å². The lowest BCUT2D eigenvalue weighted by atomic mass is 10.1. The molecule has 1 nitrogen and oxygen atoms in total. The van der Waals surface area contributed by atoms with Crippen LogP contribution in [0.5, 0.6) is 0 Å². The van der Waals surface area contributed by atoms with E-state index in [9.17, 15) is 13.2 Å². The zero-order valence-corrected chi connectivity index (χ0v) is 9.96. The van der Waals surface area contributed by atoms with Crippen molar-refractivity contribution in [3.63, 3.8) is 0 Å². The molecule has 5 heteroatoms. The highest BCUT2D eigenvalue weighted by Gasteiger charge is 2.31. The molecule has 2 rings (SSSR count). The van der Waals surface area contributed by atoms with E-state index in [1.807, 2.05) is 6.07 Å². The second-order valence-electron chi connectivity index (χ2n) is 3.86. The molecule has 0 saturated carbocycles. The van der Waals surface area contributed by atoms with Gasteiger partial charge in [0.05, 0.1) is 0 Å². The number of nitrogens with zero attached hydrogens (tertiary/aromatic N) is 1. The number of aromatic nitrogens is 1. The molecule has 0 aliphatic rings. The van der Waals surface area contributed by atoms with Crippen molar-refractivity contribution >= 4 is 11.6 Å². The third-order valence-electron chi connectivity index (χ3n) is 2.41. The molecule has 0 amide bonds. The molecule has 18 heavy (non-hydrogen) atoms. The van der Waals surface area contributed by atoms with Crippen LogP contribution in [0.25, 0.3) is 0 Å². The van der Waals surface area contributed by atoms with Crippen molar-refractivity contribution in [3.05, 3.63) is 64.4 Å². The molecule has 0 saturated heterocycles. The smallest absolute Gasteiger partial charge is 0.251 e. The van der Waals surface area contributed by atoms with Gasteiger partial charge in [0.25, 0.3) is 0 Å². The summed E-state index contributed by atoms with van der Waals surface area (Å²) in [6.45, 7) is 0. The van der Waals surface area contributed by atoms with Gasteiger partial charge in [0, 0.05) is 11.2 Å². The van der Waals surface area contributed by atoms with Crippen LogP contribution in [0.3, 0.4) is 0 Å². The van der Waals surface area contributed by atoms with E-state index in [-0.39, 0.29) is 0 Å². The van der Waals surface area contributed by atoms with Crippen LogP contribution >= 0.6 is 11.6 Å². The van der Waals surface area contributed by atoms with E-state index in [0.717, 1.165) is 11.6 Å². The molecule has 0 aliphatic heterocycles. The van der Waals surface area contributed by atoms with Crippen molar-refractivity contribution in [1.82, 2.24) is 4.98 Å². The Morgan fingerprint density at radius 2 is 1.83 bits per heavy atom. The Bertz CT molecular complexity index is 535. The lowest BCUT2D eigenvalue weighted by Crippen LogP contribution is -2.07. The second-order valence-corrected chi connectivity index (χ2v) is 4.29. The number of benzene rings is 1. The van der Waals surface area contributed by atoms with Gasteiger partial charge < -0.3 is 0 Å². The standard InChI is InChI=1S/C13H9ClF3N/c14-11-3-1-2-9(7-11)6-10-4-5-12(18-8-10)13(15,16)17/h1-5,7-8H,6H2. The summed E-state index contributed by atoms with van der Waals surface area (Å²) in [5.41, 5.74) is 0.770. The molecule has 1 aromatic carbocycles. The average Bonchev–Trinajstić information content (AvgIpc) is 2.28. The summed E-state index contributed by atoms with van der Waals surface area (Å²) in [7, 11) is 0. The number of alkyl halides is 3. The monoisotopic (exact) mass is 271 g/mol. The maximum atomic E-state index is 12.3. The Hall–Kier alpha value is -1.55. The highest BCUT2D eigenvalue weighted by molar-refractivity contribution is 6.30. The molecule has 1 heterocycles. The number of rotatable bonds is 2. The van der Waals surface area contributed by atoms with Gasteiger partial charge in [0.2, 0.25) is 0 Å². The first kappa shape index (κ1) is 12.9. The van der Waals surface area contributed by atoms with Gasteiger partial charge in [-0.1, -0.05) is 29.8 Å². The third kappa shape index (κ3) is 3.23. The molecule has 0 radical (unpaired) electrons. The molecule has 1 aromatic heterocycles. The normalized spacial score (nSPS) is 11.6. The second kappa shape index (κ2) is 4.98. The Kier molecular flexibility index (Phi) is 3.57. The predicted molar refractivity (Wildman–Crippen MR) is 63.5 cm³/mol. The van der Waals surface area contributed by atoms with Gasteiger partial charge in [0.15, 0.2) is 0 Å². The van der Waals surface area contributed by atoms with Crippen LogP contribution in [0.4, 0.5) is 13.2 Å². The van der Waals surface area contributed by atoms with Crippen LogP contribution in [0, 0.1) is 0 Å². The van der Waals surface area contributed by atoms with Gasteiger partial charge in [0.1, 0.15) is 5.69 Å². The molecule has 0 unspecified atom stereocenters. The molecule has 0 spiro atoms. The molecule has 0 fully saturated rings. The van der Waals surface area contributed by atoms with Gasteiger partial charge in [-0.25, -0.2) is 0 Å². The van der Waals surface area contributed by atoms with Crippen LogP contribution in [-0.4, -0.2) is 4.98 Å². The first-order chi connectivity index (χ1) is 8.45. The number of hydrogen-bond donors (Lipinski definition) is 0. The van der Waals surface area contributed by atoms with Crippen molar-refractivity contribution in [2.45, 2.75) is 12.6 Å². The summed E-state index contributed by atoms with van der Waals surface area (Å²) in [6, 6.07) is 9.60. The molecule has 0 N–H and O–H groups in total. The van der Waals surface area contributed by atoms with Crippen LogP contribution in [0.2, 0.25) is 5.02 Å². The predicted octanol–water partition coefficient (Wildman–Crippen LogP) is 4.34. The number of halogens is 4. The zero-order chi connectivity index (χ0) is 13.2. The van der Waals surface area contributed by atoms with E-state index < -0.39 is 11.9 Å². The summed E-state index contributed by atoms with van der Waals surface area (Å²) in [6.07, 6.45) is -2.65. The molecule has 0 bridgehead atoms. The molecule has 2 aromatic rings. The minimum absolute atomic E-state index is 0.506. The number of hydrogen-bond acceptors (Lipinski definition) is 1. The third-order valence-corrected chi connectivity index (χ3v) is 2.65. The van der Waals surface area contributed by atoms with Crippen molar-refractivity contribution in [2.75, 3.05) is 0 Å². The SMILES string of the molecule is FC(F)(F)c1ccc(Cc2cccc(Cl)c2)cn1. The maximum absolute atomic E-state index is 12.3. The fraction of sp³-hybridized carbons (Fsp3) is 0.154. The van der Waals surface area contributed by atoms with Gasteiger partial charge in [-0.15, -0.1) is 0 Å². The van der Waals surface area contributed by atoms with Crippen molar-refractivity contribution in [2.24, 2.45) is 0 Å². The highest BCUT2D eigenvalue weighted by Crippen LogP contribution is 2.27. The summed E-state index contributed by atoms with van der Waals surface area (Å²) in [5, 5.41) is 0.604. The van der Waals surface area contributed by atoms with E-state index in [1.165, 1.54) is 12.3 Å². The lowest BCUT2D eigenvalue weighted by molar-refractivity contribution is -0.141. The first-order valence-corrected chi connectivity index (χ1v) is 5.59. The minimum Gasteiger partial charge on any atom is -0.251 e. The Morgan fingerprint density at radius 3 is 2.39 bits per heavy atom. The molecule has 94 valence electrons. The van der Waals surface area contributed by atoms with Crippen molar-refractivity contribution in [1.29, 1.82) is 0 Å². The van der Waals surface area contributed by atoms with E-state index in [1.54, 1.807) is 18.2 Å². The minimum atomic E-state index is -4.39. The fourth-order valence-corrected chi connectivity index (χ4v) is 1.79. The summed E-state index contributed by atoms with van der Waals surface area (Å²) in [5.74, 6) is 0. The average molecular weight is 272 g/mol. The first-order valence-electron chi connectivity index (χ1n) is 5.22. The topological polar surface area (TPSA) is 12.9 Å². The van der Waals surface area contributed by atoms with Gasteiger partial charge >= 0.3 is 6.18 Å².